The van der Waals surface area contributed by atoms with E-state index in [9.17, 15) is 19.2 Å². The van der Waals surface area contributed by atoms with Gasteiger partial charge in [-0.1, -0.05) is 30.3 Å². The normalized spacial score (nSPS) is 10.9. The number of fused-ring (bicyclic) bond motifs is 1. The van der Waals surface area contributed by atoms with Crippen molar-refractivity contribution < 1.29 is 24.2 Å². The van der Waals surface area contributed by atoms with Gasteiger partial charge in [0.15, 0.2) is 0 Å². The summed E-state index contributed by atoms with van der Waals surface area (Å²) in [6.07, 6.45) is 0. The number of carboxylic acid groups (broad SMARTS) is 1. The first-order valence-electron chi connectivity index (χ1n) is 10.7. The van der Waals surface area contributed by atoms with Gasteiger partial charge in [-0.25, -0.2) is 14.4 Å². The molecule has 0 fully saturated rings. The predicted octanol–water partition coefficient (Wildman–Crippen LogP) is 3.26. The molecule has 9 nitrogen and oxygen atoms in total. The average molecular weight is 495 g/mol. The van der Waals surface area contributed by atoms with Gasteiger partial charge in [0.2, 0.25) is 0 Å². The lowest BCUT2D eigenvalue weighted by atomic mass is 10.1. The van der Waals surface area contributed by atoms with Crippen LogP contribution in [0.5, 0.6) is 5.75 Å². The van der Waals surface area contributed by atoms with Crippen molar-refractivity contribution in [1.82, 2.24) is 9.13 Å². The summed E-state index contributed by atoms with van der Waals surface area (Å²) in [4.78, 5) is 50.3. The highest BCUT2D eigenvalue weighted by atomic mass is 32.1. The Kier molecular flexibility index (Phi) is 6.83. The molecule has 0 amide bonds. The van der Waals surface area contributed by atoms with Gasteiger partial charge in [-0.15, -0.1) is 11.3 Å². The van der Waals surface area contributed by atoms with Crippen LogP contribution in [0.4, 0.5) is 0 Å². The van der Waals surface area contributed by atoms with Crippen LogP contribution < -0.4 is 16.0 Å². The lowest BCUT2D eigenvalue weighted by Crippen LogP contribution is -2.38. The summed E-state index contributed by atoms with van der Waals surface area (Å²) in [6, 6.07) is 14.6. The van der Waals surface area contributed by atoms with Crippen molar-refractivity contribution in [1.29, 1.82) is 0 Å². The van der Waals surface area contributed by atoms with Gasteiger partial charge in [0.25, 0.3) is 5.56 Å². The Hall–Kier alpha value is -4.18. The number of thiophene rings is 1. The van der Waals surface area contributed by atoms with Gasteiger partial charge >= 0.3 is 17.6 Å². The van der Waals surface area contributed by atoms with Crippen LogP contribution >= 0.6 is 11.3 Å². The lowest BCUT2D eigenvalue weighted by Gasteiger charge is -2.09. The van der Waals surface area contributed by atoms with Crippen LogP contribution in [-0.4, -0.2) is 32.8 Å². The Labute approximate surface area is 203 Å². The van der Waals surface area contributed by atoms with E-state index in [4.69, 9.17) is 14.6 Å². The van der Waals surface area contributed by atoms with E-state index in [-0.39, 0.29) is 29.0 Å². The number of aromatic nitrogens is 2. The van der Waals surface area contributed by atoms with E-state index in [1.54, 1.807) is 24.3 Å². The van der Waals surface area contributed by atoms with E-state index >= 15 is 0 Å². The zero-order valence-electron chi connectivity index (χ0n) is 19.0. The number of carbonyl (C=O) groups is 2. The number of carbonyl (C=O) groups excluding carboxylic acids is 1. The third-order valence-corrected chi connectivity index (χ3v) is 6.58. The van der Waals surface area contributed by atoms with Crippen molar-refractivity contribution >= 4 is 33.5 Å². The number of benzene rings is 2. The number of hydrogen-bond donors (Lipinski definition) is 1. The summed E-state index contributed by atoms with van der Waals surface area (Å²) in [7, 11) is 1.53. The van der Waals surface area contributed by atoms with E-state index in [0.717, 1.165) is 15.9 Å². The molecule has 0 atom stereocenters. The number of carboxylic acids is 1. The molecule has 4 aromatic rings. The molecule has 0 unspecified atom stereocenters. The molecule has 2 heterocycles. The smallest absolute Gasteiger partial charge is 0.348 e. The van der Waals surface area contributed by atoms with Crippen molar-refractivity contribution in [3.05, 3.63) is 97.0 Å². The number of rotatable bonds is 8. The highest BCUT2D eigenvalue weighted by Crippen LogP contribution is 2.24. The fourth-order valence-corrected chi connectivity index (χ4v) is 4.59. The zero-order chi connectivity index (χ0) is 25.1. The summed E-state index contributed by atoms with van der Waals surface area (Å²) in [5.41, 5.74) is 0.331. The summed E-state index contributed by atoms with van der Waals surface area (Å²) in [6.45, 7) is 2.30. The van der Waals surface area contributed by atoms with Crippen LogP contribution in [0.2, 0.25) is 0 Å². The van der Waals surface area contributed by atoms with E-state index in [1.807, 2.05) is 19.1 Å². The molecular weight excluding hydrogens is 472 g/mol. The third kappa shape index (κ3) is 4.87. The Morgan fingerprint density at radius 3 is 2.46 bits per heavy atom. The minimum atomic E-state index is -1.06. The minimum absolute atomic E-state index is 0.00124. The second-order valence-corrected chi connectivity index (χ2v) is 8.71. The number of esters is 1. The topological polar surface area (TPSA) is 117 Å². The molecule has 1 N–H and O–H groups in total. The van der Waals surface area contributed by atoms with Gasteiger partial charge in [-0.3, -0.25) is 13.9 Å². The maximum absolute atomic E-state index is 13.1. The second-order valence-electron chi connectivity index (χ2n) is 7.68. The maximum Gasteiger partial charge on any atom is 0.348 e. The Morgan fingerprint density at radius 2 is 1.77 bits per heavy atom. The summed E-state index contributed by atoms with van der Waals surface area (Å²) >= 11 is 1.01. The van der Waals surface area contributed by atoms with Gasteiger partial charge in [0.05, 0.1) is 24.1 Å². The second kappa shape index (κ2) is 9.98. The van der Waals surface area contributed by atoms with Crippen LogP contribution in [0.15, 0.2) is 64.2 Å². The molecule has 35 heavy (non-hydrogen) atoms. The predicted molar refractivity (Wildman–Crippen MR) is 131 cm³/mol. The summed E-state index contributed by atoms with van der Waals surface area (Å²) in [5, 5.41) is 9.27. The first-order valence-corrected chi connectivity index (χ1v) is 11.5. The van der Waals surface area contributed by atoms with Crippen molar-refractivity contribution in [2.45, 2.75) is 20.1 Å². The van der Waals surface area contributed by atoms with E-state index < -0.39 is 23.2 Å². The van der Waals surface area contributed by atoms with Gasteiger partial charge < -0.3 is 14.6 Å². The zero-order valence-corrected chi connectivity index (χ0v) is 19.8. The van der Waals surface area contributed by atoms with Gasteiger partial charge in [-0.05, 0) is 36.8 Å². The van der Waals surface area contributed by atoms with Crippen LogP contribution in [-0.2, 0) is 24.9 Å². The SMILES string of the molecule is CCOc1ccccc1COC(=O)c1cc2c(=O)n(Cc3ccc(C(=O)O)cc3)c(=O)n(C)c2s1. The highest BCUT2D eigenvalue weighted by Gasteiger charge is 2.19. The fourth-order valence-electron chi connectivity index (χ4n) is 3.59. The molecular formula is C25H22N2O7S. The van der Waals surface area contributed by atoms with Crippen LogP contribution in [0.25, 0.3) is 10.2 Å². The standard InChI is InChI=1S/C25H22N2O7S/c1-3-33-19-7-5-4-6-17(19)14-34-24(31)20-12-18-21(28)27(25(32)26(2)22(18)35-20)13-15-8-10-16(11-9-15)23(29)30/h4-12H,3,13-14H2,1-2H3,(H,29,30). The lowest BCUT2D eigenvalue weighted by molar-refractivity contribution is 0.0475. The molecule has 0 spiro atoms. The fraction of sp³-hybridized carbons (Fsp3) is 0.200. The highest BCUT2D eigenvalue weighted by molar-refractivity contribution is 7.20. The average Bonchev–Trinajstić information content (AvgIpc) is 3.31. The Bertz CT molecular complexity index is 1530. The molecule has 4 rings (SSSR count). The maximum atomic E-state index is 13.1. The van der Waals surface area contributed by atoms with E-state index in [1.165, 1.54) is 29.8 Å². The molecule has 0 saturated carbocycles. The molecule has 10 heteroatoms. The van der Waals surface area contributed by atoms with Crippen LogP contribution in [0.3, 0.4) is 0 Å². The molecule has 2 aromatic heterocycles. The largest absolute Gasteiger partial charge is 0.493 e. The number of para-hydroxylation sites is 1. The quantitative estimate of drug-likeness (QED) is 0.374. The molecule has 180 valence electrons. The molecule has 0 radical (unpaired) electrons. The van der Waals surface area contributed by atoms with Gasteiger partial charge in [0, 0.05) is 12.6 Å². The molecule has 0 aliphatic rings. The van der Waals surface area contributed by atoms with Gasteiger partial charge in [0.1, 0.15) is 22.1 Å². The summed E-state index contributed by atoms with van der Waals surface area (Å²) in [5.74, 6) is -1.05. The van der Waals surface area contributed by atoms with Gasteiger partial charge in [-0.2, -0.15) is 0 Å². The van der Waals surface area contributed by atoms with E-state index in [0.29, 0.717) is 28.3 Å². The molecule has 0 bridgehead atoms. The number of hydrogen-bond acceptors (Lipinski definition) is 7. The molecule has 2 aromatic carbocycles. The van der Waals surface area contributed by atoms with Crippen molar-refractivity contribution in [2.24, 2.45) is 7.05 Å². The molecule has 0 aliphatic heterocycles. The Morgan fingerprint density at radius 1 is 1.06 bits per heavy atom. The first kappa shape index (κ1) is 24.0. The van der Waals surface area contributed by atoms with Crippen molar-refractivity contribution in [3.63, 3.8) is 0 Å². The van der Waals surface area contributed by atoms with Crippen LogP contribution in [0, 0.1) is 0 Å². The number of nitrogens with zero attached hydrogens (tertiary/aromatic N) is 2. The Balaban J connectivity index is 1.61. The first-order chi connectivity index (χ1) is 16.8. The number of aryl methyl sites for hydroxylation is 1. The molecule has 0 saturated heterocycles. The summed E-state index contributed by atoms with van der Waals surface area (Å²) < 4.78 is 13.4. The van der Waals surface area contributed by atoms with E-state index in [2.05, 4.69) is 0 Å². The van der Waals surface area contributed by atoms with Crippen LogP contribution in [0.1, 0.15) is 38.1 Å². The minimum Gasteiger partial charge on any atom is -0.493 e. The number of aromatic carboxylic acids is 1. The van der Waals surface area contributed by atoms with Crippen molar-refractivity contribution in [3.8, 4) is 5.75 Å². The van der Waals surface area contributed by atoms with Crippen molar-refractivity contribution in [2.75, 3.05) is 6.61 Å². The third-order valence-electron chi connectivity index (χ3n) is 5.38. The monoisotopic (exact) mass is 494 g/mol. The molecule has 0 aliphatic carbocycles. The number of ether oxygens (including phenoxy) is 2.